The van der Waals surface area contributed by atoms with Crippen LogP contribution in [0.25, 0.3) is 0 Å². The molecule has 4 aromatic rings. The van der Waals surface area contributed by atoms with Crippen LogP contribution in [-0.4, -0.2) is 86.6 Å². The largest absolute Gasteiger partial charge is 0.494 e. The van der Waals surface area contributed by atoms with Crippen LogP contribution < -0.4 is 18.9 Å². The van der Waals surface area contributed by atoms with Crippen molar-refractivity contribution in [3.63, 3.8) is 0 Å². The van der Waals surface area contributed by atoms with Gasteiger partial charge in [-0.05, 0) is 182 Å². The molecule has 0 amide bonds. The van der Waals surface area contributed by atoms with Crippen LogP contribution in [0, 0.1) is 5.41 Å². The van der Waals surface area contributed by atoms with Crippen LogP contribution in [0.4, 0.5) is 0 Å². The Balaban J connectivity index is 0.000000485. The van der Waals surface area contributed by atoms with E-state index in [0.29, 0.717) is 46.2 Å². The first kappa shape index (κ1) is 63.8. The van der Waals surface area contributed by atoms with E-state index in [9.17, 15) is 0 Å². The molecule has 13 heteroatoms. The zero-order valence-electron chi connectivity index (χ0n) is 43.7. The zero-order valence-corrected chi connectivity index (χ0v) is 50.0. The van der Waals surface area contributed by atoms with Gasteiger partial charge in [-0.15, -0.1) is 0 Å². The highest BCUT2D eigenvalue weighted by Gasteiger charge is 2.33. The lowest BCUT2D eigenvalue weighted by molar-refractivity contribution is -0.0729. The van der Waals surface area contributed by atoms with Crippen molar-refractivity contribution in [2.45, 2.75) is 120 Å². The van der Waals surface area contributed by atoms with Gasteiger partial charge in [-0.25, -0.2) is 0 Å². The van der Waals surface area contributed by atoms with Crippen LogP contribution in [0.3, 0.4) is 0 Å². The van der Waals surface area contributed by atoms with Gasteiger partial charge in [0.15, 0.2) is 6.29 Å². The molecule has 0 radical (unpaired) electrons. The van der Waals surface area contributed by atoms with Crippen LogP contribution in [-0.2, 0) is 34.5 Å². The van der Waals surface area contributed by atoms with Crippen molar-refractivity contribution in [2.24, 2.45) is 5.41 Å². The summed E-state index contributed by atoms with van der Waals surface area (Å²) in [6.45, 7) is 34.2. The van der Waals surface area contributed by atoms with Crippen LogP contribution in [0.5, 0.6) is 23.0 Å². The third-order valence-corrected chi connectivity index (χ3v) is 13.1. The van der Waals surface area contributed by atoms with Crippen LogP contribution >= 0.6 is 63.7 Å². The number of hydrogen-bond acceptors (Lipinski definition) is 9. The molecule has 1 fully saturated rings. The molecule has 1 saturated heterocycles. The molecule has 1 aliphatic heterocycles. The highest BCUT2D eigenvalue weighted by Crippen LogP contribution is 2.44. The van der Waals surface area contributed by atoms with Crippen molar-refractivity contribution in [3.05, 3.63) is 113 Å². The SMILES string of the molecule is CCC.CCC(COC)(COC)COC1CO1.CCOCC.CCOc1c(Br)cc(C(C)(C)c2cc(Br)c(OCC)c(Br)c2)cc1Br.CCOc1ccc(C(C)(C)c2ccc(OCC)cc2)cc1. The number of epoxide rings is 1. The van der Waals surface area contributed by atoms with E-state index in [1.54, 1.807) is 14.2 Å². The normalized spacial score (nSPS) is 13.0. The predicted octanol–water partition coefficient (Wildman–Crippen LogP) is 16.2. The molecule has 1 unspecified atom stereocenters. The lowest BCUT2D eigenvalue weighted by Gasteiger charge is -2.30. The van der Waals surface area contributed by atoms with E-state index in [0.717, 1.165) is 67.1 Å². The van der Waals surface area contributed by atoms with Crippen molar-refractivity contribution in [1.29, 1.82) is 0 Å². The van der Waals surface area contributed by atoms with Gasteiger partial charge in [0.2, 0.25) is 0 Å². The second kappa shape index (κ2) is 34.2. The Morgan fingerprint density at radius 2 is 0.809 bits per heavy atom. The third-order valence-electron chi connectivity index (χ3n) is 10.7. The van der Waals surface area contributed by atoms with Gasteiger partial charge >= 0.3 is 0 Å². The molecule has 9 nitrogen and oxygen atoms in total. The Kier molecular flexibility index (Phi) is 32.1. The quantitative estimate of drug-likeness (QED) is 0.0714. The molecule has 68 heavy (non-hydrogen) atoms. The molecule has 1 heterocycles. The van der Waals surface area contributed by atoms with Gasteiger partial charge in [-0.3, -0.25) is 0 Å². The first-order chi connectivity index (χ1) is 32.4. The fraction of sp³-hybridized carbons (Fsp3) is 0.564. The predicted molar refractivity (Wildman–Crippen MR) is 296 cm³/mol. The van der Waals surface area contributed by atoms with Crippen molar-refractivity contribution in [2.75, 3.05) is 80.3 Å². The van der Waals surface area contributed by atoms with Gasteiger partial charge in [0, 0.05) is 43.7 Å². The Labute approximate surface area is 444 Å². The topological polar surface area (TPSA) is 86.4 Å². The van der Waals surface area contributed by atoms with Gasteiger partial charge in [0.25, 0.3) is 0 Å². The molecule has 1 aliphatic rings. The Hall–Kier alpha value is -2.20. The number of benzene rings is 4. The zero-order chi connectivity index (χ0) is 51.3. The van der Waals surface area contributed by atoms with E-state index in [2.05, 4.69) is 161 Å². The second-order valence-electron chi connectivity index (χ2n) is 16.9. The van der Waals surface area contributed by atoms with E-state index in [1.165, 1.54) is 28.7 Å². The highest BCUT2D eigenvalue weighted by molar-refractivity contribution is 9.11. The minimum absolute atomic E-state index is 0.00892. The van der Waals surface area contributed by atoms with Gasteiger partial charge in [0.05, 0.1) is 64.1 Å². The first-order valence-corrected chi connectivity index (χ1v) is 27.1. The molecule has 384 valence electrons. The van der Waals surface area contributed by atoms with Crippen LogP contribution in [0.15, 0.2) is 90.7 Å². The van der Waals surface area contributed by atoms with Gasteiger partial charge in [0.1, 0.15) is 29.6 Å². The summed E-state index contributed by atoms with van der Waals surface area (Å²) in [4.78, 5) is 0. The maximum absolute atomic E-state index is 5.70. The lowest BCUT2D eigenvalue weighted by Crippen LogP contribution is -2.36. The van der Waals surface area contributed by atoms with Crippen LogP contribution in [0.2, 0.25) is 0 Å². The van der Waals surface area contributed by atoms with E-state index >= 15 is 0 Å². The van der Waals surface area contributed by atoms with E-state index in [4.69, 9.17) is 42.6 Å². The van der Waals surface area contributed by atoms with Crippen molar-refractivity contribution >= 4 is 63.7 Å². The Bertz CT molecular complexity index is 1780. The molecular weight excluding hydrogens is 1120 g/mol. The molecular formula is C55H82Br4O9. The summed E-state index contributed by atoms with van der Waals surface area (Å²) in [5.74, 6) is 3.50. The summed E-state index contributed by atoms with van der Waals surface area (Å²) in [6, 6.07) is 25.2. The van der Waals surface area contributed by atoms with E-state index in [-0.39, 0.29) is 22.5 Å². The fourth-order valence-electron chi connectivity index (χ4n) is 6.66. The number of hydrogen-bond donors (Lipinski definition) is 0. The minimum Gasteiger partial charge on any atom is -0.494 e. The summed E-state index contributed by atoms with van der Waals surface area (Å²) in [6.07, 6.45) is 2.23. The second-order valence-corrected chi connectivity index (χ2v) is 20.3. The molecule has 4 aromatic carbocycles. The minimum atomic E-state index is -0.203. The molecule has 0 spiro atoms. The highest BCUT2D eigenvalue weighted by atomic mass is 79.9. The third kappa shape index (κ3) is 21.7. The molecule has 0 aromatic heterocycles. The molecule has 1 atom stereocenters. The lowest BCUT2D eigenvalue weighted by atomic mass is 9.78. The summed E-state index contributed by atoms with van der Waals surface area (Å²) in [5.41, 5.74) is 4.62. The smallest absolute Gasteiger partial charge is 0.181 e. The standard InChI is InChI=1S/C19H20Br4O2.C19H24O2.C10H20O4.C4H10O.C3H8/c1-5-24-17-13(20)7-11(8-14(17)21)19(3,4)12-9-15(22)18(25-6-2)16(23)10-12;1-5-20-17-11-7-15(8-12-17)19(3,4)16-9-13-18(14-10-16)21-6-2;1-4-10(6-11-2,7-12-3)8-14-9-5-13-9;1-3-5-4-2;1-3-2/h7-10H,5-6H2,1-4H3;7-14H,5-6H2,1-4H3;9H,4-8H2,1-3H3;3-4H2,1-2H3;3H2,1-2H3. The Morgan fingerprint density at radius 3 is 1.06 bits per heavy atom. The average molecular weight is 1210 g/mol. The van der Waals surface area contributed by atoms with E-state index < -0.39 is 0 Å². The molecule has 0 aliphatic carbocycles. The maximum Gasteiger partial charge on any atom is 0.181 e. The van der Waals surface area contributed by atoms with Crippen molar-refractivity contribution in [3.8, 4) is 23.0 Å². The molecule has 0 bridgehead atoms. The van der Waals surface area contributed by atoms with Crippen molar-refractivity contribution in [1.82, 2.24) is 0 Å². The van der Waals surface area contributed by atoms with Crippen LogP contribution in [0.1, 0.15) is 125 Å². The number of rotatable bonds is 22. The summed E-state index contributed by atoms with van der Waals surface area (Å²) in [7, 11) is 3.40. The summed E-state index contributed by atoms with van der Waals surface area (Å²) >= 11 is 14.5. The Morgan fingerprint density at radius 1 is 0.485 bits per heavy atom. The van der Waals surface area contributed by atoms with Gasteiger partial charge in [-0.1, -0.05) is 79.2 Å². The fourth-order valence-corrected chi connectivity index (χ4v) is 9.49. The number of ether oxygens (including phenoxy) is 9. The van der Waals surface area contributed by atoms with Crippen molar-refractivity contribution < 1.29 is 42.6 Å². The summed E-state index contributed by atoms with van der Waals surface area (Å²) in [5, 5.41) is 0. The maximum atomic E-state index is 5.70. The first-order valence-electron chi connectivity index (χ1n) is 23.9. The summed E-state index contributed by atoms with van der Waals surface area (Å²) < 4.78 is 51.9. The number of methoxy groups -OCH3 is 2. The van der Waals surface area contributed by atoms with Gasteiger partial charge < -0.3 is 42.6 Å². The molecule has 5 rings (SSSR count). The van der Waals surface area contributed by atoms with E-state index in [1.807, 2.05) is 65.8 Å². The molecule has 0 saturated carbocycles. The van der Waals surface area contributed by atoms with Gasteiger partial charge in [-0.2, -0.15) is 0 Å². The number of halogens is 4. The monoisotopic (exact) mass is 1200 g/mol. The molecule has 0 N–H and O–H groups in total. The average Bonchev–Trinajstić information content (AvgIpc) is 4.15.